The number of carbonyl (C=O) groups is 2. The summed E-state index contributed by atoms with van der Waals surface area (Å²) >= 11 is 8.07. The van der Waals surface area contributed by atoms with Crippen molar-refractivity contribution >= 4 is 46.0 Å². The molecule has 7 heteroatoms. The molecule has 1 heterocycles. The predicted octanol–water partition coefficient (Wildman–Crippen LogP) is 1.11. The van der Waals surface area contributed by atoms with Crippen LogP contribution in [-0.4, -0.2) is 49.4 Å². The second-order valence-corrected chi connectivity index (χ2v) is 6.01. The van der Waals surface area contributed by atoms with Gasteiger partial charge in [0.15, 0.2) is 0 Å². The van der Waals surface area contributed by atoms with E-state index in [1.165, 1.54) is 0 Å². The number of hydrogen-bond acceptors (Lipinski definition) is 3. The minimum atomic E-state index is -0.285. The van der Waals surface area contributed by atoms with Gasteiger partial charge in [-0.2, -0.15) is 0 Å². The predicted molar refractivity (Wildman–Crippen MR) is 86.0 cm³/mol. The fourth-order valence-corrected chi connectivity index (χ4v) is 2.44. The maximum Gasteiger partial charge on any atom is 0.251 e. The molecule has 0 saturated carbocycles. The Balaban J connectivity index is 1.88. The highest BCUT2D eigenvalue weighted by atomic mass is 127. The second kappa shape index (κ2) is 7.24. The zero-order valence-corrected chi connectivity index (χ0v) is 13.7. The van der Waals surface area contributed by atoms with Crippen molar-refractivity contribution in [3.8, 4) is 0 Å². The summed E-state index contributed by atoms with van der Waals surface area (Å²) in [5.74, 6) is -0.344. The molecular weight excluding hydrogens is 393 g/mol. The maximum atomic E-state index is 11.9. The Morgan fingerprint density at radius 3 is 2.70 bits per heavy atom. The van der Waals surface area contributed by atoms with E-state index in [1.807, 2.05) is 0 Å². The normalized spacial score (nSPS) is 15.0. The third-order valence-electron chi connectivity index (χ3n) is 3.05. The van der Waals surface area contributed by atoms with Crippen molar-refractivity contribution in [1.82, 2.24) is 15.5 Å². The van der Waals surface area contributed by atoms with Gasteiger partial charge in [-0.25, -0.2) is 0 Å². The molecule has 0 spiro atoms. The minimum absolute atomic E-state index is 0.0163. The molecule has 1 fully saturated rings. The van der Waals surface area contributed by atoms with Crippen molar-refractivity contribution in [3.05, 3.63) is 32.4 Å². The Morgan fingerprint density at radius 2 is 2.05 bits per heavy atom. The Bertz CT molecular complexity index is 518. The number of benzene rings is 1. The van der Waals surface area contributed by atoms with E-state index < -0.39 is 0 Å². The number of rotatable bonds is 3. The van der Waals surface area contributed by atoms with Gasteiger partial charge in [-0.15, -0.1) is 0 Å². The molecule has 1 saturated heterocycles. The van der Waals surface area contributed by atoms with Crippen LogP contribution in [0.1, 0.15) is 10.4 Å². The number of carbonyl (C=O) groups excluding carboxylic acids is 2. The van der Waals surface area contributed by atoms with Crippen LogP contribution in [0.3, 0.4) is 0 Å². The zero-order chi connectivity index (χ0) is 14.5. The first-order chi connectivity index (χ1) is 9.58. The Hall–Kier alpha value is -0.860. The van der Waals surface area contributed by atoms with Gasteiger partial charge in [0.2, 0.25) is 5.91 Å². The van der Waals surface area contributed by atoms with E-state index in [9.17, 15) is 9.59 Å². The summed E-state index contributed by atoms with van der Waals surface area (Å²) in [6, 6.07) is 5.07. The third kappa shape index (κ3) is 4.07. The van der Waals surface area contributed by atoms with Crippen molar-refractivity contribution < 1.29 is 9.59 Å². The van der Waals surface area contributed by atoms with Crippen LogP contribution < -0.4 is 10.6 Å². The lowest BCUT2D eigenvalue weighted by Gasteiger charge is -2.27. The lowest BCUT2D eigenvalue weighted by molar-refractivity contribution is -0.130. The Morgan fingerprint density at radius 1 is 1.35 bits per heavy atom. The van der Waals surface area contributed by atoms with E-state index in [-0.39, 0.29) is 18.4 Å². The quantitative estimate of drug-likeness (QED) is 0.738. The molecule has 0 atom stereocenters. The van der Waals surface area contributed by atoms with Crippen molar-refractivity contribution in [2.45, 2.75) is 0 Å². The fraction of sp³-hybridized carbons (Fsp3) is 0.385. The lowest BCUT2D eigenvalue weighted by atomic mass is 10.2. The average Bonchev–Trinajstić information content (AvgIpc) is 2.48. The molecule has 0 aliphatic carbocycles. The Labute approximate surface area is 136 Å². The first-order valence-electron chi connectivity index (χ1n) is 6.29. The zero-order valence-electron chi connectivity index (χ0n) is 10.8. The van der Waals surface area contributed by atoms with Gasteiger partial charge in [0.05, 0.1) is 11.6 Å². The molecule has 1 aliphatic rings. The SMILES string of the molecule is O=C(NCC(=O)N1CCNCC1)c1ccc(I)c(Cl)c1. The van der Waals surface area contributed by atoms with Crippen LogP contribution in [0.2, 0.25) is 5.02 Å². The van der Waals surface area contributed by atoms with Crippen LogP contribution in [-0.2, 0) is 4.79 Å². The summed E-state index contributed by atoms with van der Waals surface area (Å²) in [5.41, 5.74) is 0.462. The van der Waals surface area contributed by atoms with E-state index in [0.29, 0.717) is 23.7 Å². The summed E-state index contributed by atoms with van der Waals surface area (Å²) in [4.78, 5) is 25.6. The summed E-state index contributed by atoms with van der Waals surface area (Å²) in [6.45, 7) is 2.98. The van der Waals surface area contributed by atoms with Crippen molar-refractivity contribution in [2.24, 2.45) is 0 Å². The van der Waals surface area contributed by atoms with Gasteiger partial charge in [-0.05, 0) is 40.8 Å². The molecule has 108 valence electrons. The standard InChI is InChI=1S/C13H15ClIN3O2/c14-10-7-9(1-2-11(10)15)13(20)17-8-12(19)18-5-3-16-4-6-18/h1-2,7,16H,3-6,8H2,(H,17,20). The molecule has 1 aromatic carbocycles. The van der Waals surface area contributed by atoms with Gasteiger partial charge >= 0.3 is 0 Å². The molecule has 2 rings (SSSR count). The van der Waals surface area contributed by atoms with Crippen LogP contribution in [0.25, 0.3) is 0 Å². The van der Waals surface area contributed by atoms with Gasteiger partial charge in [-0.1, -0.05) is 11.6 Å². The van der Waals surface area contributed by atoms with Gasteiger partial charge < -0.3 is 15.5 Å². The van der Waals surface area contributed by atoms with Crippen molar-refractivity contribution in [2.75, 3.05) is 32.7 Å². The van der Waals surface area contributed by atoms with E-state index in [1.54, 1.807) is 23.1 Å². The molecule has 0 bridgehead atoms. The molecule has 2 amide bonds. The second-order valence-electron chi connectivity index (χ2n) is 4.44. The van der Waals surface area contributed by atoms with Gasteiger partial charge in [-0.3, -0.25) is 9.59 Å². The summed E-state index contributed by atoms with van der Waals surface area (Å²) < 4.78 is 0.887. The molecule has 1 aromatic rings. The summed E-state index contributed by atoms with van der Waals surface area (Å²) in [7, 11) is 0. The number of nitrogens with zero attached hydrogens (tertiary/aromatic N) is 1. The van der Waals surface area contributed by atoms with Crippen LogP contribution >= 0.6 is 34.2 Å². The molecule has 2 N–H and O–H groups in total. The van der Waals surface area contributed by atoms with Gasteiger partial charge in [0.1, 0.15) is 0 Å². The number of nitrogens with one attached hydrogen (secondary N) is 2. The molecule has 0 unspecified atom stereocenters. The molecule has 1 aliphatic heterocycles. The summed E-state index contributed by atoms with van der Waals surface area (Å²) in [6.07, 6.45) is 0. The van der Waals surface area contributed by atoms with Crippen molar-refractivity contribution in [3.63, 3.8) is 0 Å². The van der Waals surface area contributed by atoms with E-state index >= 15 is 0 Å². The smallest absolute Gasteiger partial charge is 0.251 e. The lowest BCUT2D eigenvalue weighted by Crippen LogP contribution is -2.49. The van der Waals surface area contributed by atoms with Gasteiger partial charge in [0.25, 0.3) is 5.91 Å². The van der Waals surface area contributed by atoms with Crippen LogP contribution in [0.4, 0.5) is 0 Å². The first kappa shape index (κ1) is 15.5. The molecule has 0 aromatic heterocycles. The maximum absolute atomic E-state index is 11.9. The van der Waals surface area contributed by atoms with Crippen LogP contribution in [0, 0.1) is 3.57 Å². The number of amides is 2. The highest BCUT2D eigenvalue weighted by Crippen LogP contribution is 2.19. The highest BCUT2D eigenvalue weighted by molar-refractivity contribution is 14.1. The molecule has 0 radical (unpaired) electrons. The monoisotopic (exact) mass is 407 g/mol. The number of hydrogen-bond donors (Lipinski definition) is 2. The number of piperazine rings is 1. The van der Waals surface area contributed by atoms with Crippen molar-refractivity contribution in [1.29, 1.82) is 0 Å². The topological polar surface area (TPSA) is 61.4 Å². The van der Waals surface area contributed by atoms with E-state index in [4.69, 9.17) is 11.6 Å². The largest absolute Gasteiger partial charge is 0.343 e. The van der Waals surface area contributed by atoms with Crippen LogP contribution in [0.15, 0.2) is 18.2 Å². The van der Waals surface area contributed by atoms with E-state index in [0.717, 1.165) is 16.7 Å². The fourth-order valence-electron chi connectivity index (χ4n) is 1.92. The summed E-state index contributed by atoms with van der Waals surface area (Å²) in [5, 5.41) is 6.34. The number of halogens is 2. The molecule has 20 heavy (non-hydrogen) atoms. The minimum Gasteiger partial charge on any atom is -0.343 e. The van der Waals surface area contributed by atoms with Gasteiger partial charge in [0, 0.05) is 35.3 Å². The molecule has 5 nitrogen and oxygen atoms in total. The molecular formula is C13H15ClIN3O2. The average molecular weight is 408 g/mol. The van der Waals surface area contributed by atoms with E-state index in [2.05, 4.69) is 33.2 Å². The third-order valence-corrected chi connectivity index (χ3v) is 4.62. The van der Waals surface area contributed by atoms with Crippen LogP contribution in [0.5, 0.6) is 0 Å². The Kier molecular flexibility index (Phi) is 5.62. The first-order valence-corrected chi connectivity index (χ1v) is 7.75. The highest BCUT2D eigenvalue weighted by Gasteiger charge is 2.17.